The Morgan fingerprint density at radius 2 is 1.54 bits per heavy atom. The lowest BCUT2D eigenvalue weighted by molar-refractivity contribution is -0.117. The molecule has 0 heterocycles. The van der Waals surface area contributed by atoms with Crippen molar-refractivity contribution in [2.24, 2.45) is 5.92 Å². The van der Waals surface area contributed by atoms with Crippen LogP contribution in [0.25, 0.3) is 0 Å². The Balaban J connectivity index is 1.53. The summed E-state index contributed by atoms with van der Waals surface area (Å²) in [6.07, 6.45) is -0.898. The molecular weight excluding hydrogens is 637 g/mol. The highest BCUT2D eigenvalue weighted by Gasteiger charge is 2.67. The number of carbonyl (C=O) groups is 3. The molecule has 0 aromatic heterocycles. The van der Waals surface area contributed by atoms with E-state index in [2.05, 4.69) is 5.32 Å². The zero-order valence-corrected chi connectivity index (χ0v) is 24.4. The van der Waals surface area contributed by atoms with Gasteiger partial charge >= 0.3 is 0 Å². The number of benzene rings is 3. The van der Waals surface area contributed by atoms with E-state index >= 15 is 0 Å². The second-order valence-electron chi connectivity index (χ2n) is 9.09. The summed E-state index contributed by atoms with van der Waals surface area (Å²) in [7, 11) is 0. The molecular formula is C27H17Cl6F2NO3. The average molecular weight is 654 g/mol. The van der Waals surface area contributed by atoms with Gasteiger partial charge in [0.25, 0.3) is 0 Å². The van der Waals surface area contributed by atoms with Gasteiger partial charge in [-0.05, 0) is 54.4 Å². The molecule has 0 saturated heterocycles. The van der Waals surface area contributed by atoms with Crippen LogP contribution >= 0.6 is 69.6 Å². The fourth-order valence-electron chi connectivity index (χ4n) is 4.32. The molecule has 0 radical (unpaired) electrons. The minimum Gasteiger partial charge on any atom is -0.326 e. The van der Waals surface area contributed by atoms with Crippen LogP contribution in [0.5, 0.6) is 0 Å². The molecule has 0 unspecified atom stereocenters. The van der Waals surface area contributed by atoms with Crippen LogP contribution in [-0.2, 0) is 22.4 Å². The van der Waals surface area contributed by atoms with Crippen molar-refractivity contribution in [2.45, 2.75) is 30.0 Å². The standard InChI is InChI=1S/C27H17Cl6F2NO3/c1-11(37)6-16-20(34)5-2-12(25(16)35)9-21(38)15-10-14(3-4-17(15)28)36-26(39)23-22(27(23,32)33)13-7-18(29)24(31)19(30)8-13/h2-5,7-8,10,22-23H,6,9H2,1H3,(H,36,39)/t22-,23+/m0/s1. The normalized spacial score (nSPS) is 17.6. The second kappa shape index (κ2) is 11.5. The summed E-state index contributed by atoms with van der Waals surface area (Å²) in [4.78, 5) is 37.5. The van der Waals surface area contributed by atoms with E-state index in [9.17, 15) is 23.2 Å². The predicted octanol–water partition coefficient (Wildman–Crippen LogP) is 8.66. The first-order valence-electron chi connectivity index (χ1n) is 11.3. The largest absolute Gasteiger partial charge is 0.326 e. The molecule has 1 fully saturated rings. The van der Waals surface area contributed by atoms with Crippen LogP contribution in [0.2, 0.25) is 20.1 Å². The van der Waals surface area contributed by atoms with Gasteiger partial charge in [-0.25, -0.2) is 8.78 Å². The van der Waals surface area contributed by atoms with Crippen LogP contribution in [0.3, 0.4) is 0 Å². The number of amides is 1. The van der Waals surface area contributed by atoms with E-state index in [1.807, 2.05) is 0 Å². The number of halogens is 8. The maximum absolute atomic E-state index is 14.9. The third kappa shape index (κ3) is 6.22. The first-order chi connectivity index (χ1) is 18.2. The lowest BCUT2D eigenvalue weighted by atomic mass is 9.98. The summed E-state index contributed by atoms with van der Waals surface area (Å²) in [6, 6.07) is 9.39. The molecule has 0 aliphatic heterocycles. The maximum Gasteiger partial charge on any atom is 0.231 e. The molecule has 1 aliphatic rings. The Hall–Kier alpha value is -1.93. The van der Waals surface area contributed by atoms with Crippen molar-refractivity contribution in [3.63, 3.8) is 0 Å². The Morgan fingerprint density at radius 1 is 0.897 bits per heavy atom. The van der Waals surface area contributed by atoms with Crippen molar-refractivity contribution >= 4 is 92.8 Å². The number of Topliss-reactive ketones (excluding diaryl/α,β-unsaturated/α-hetero) is 2. The average Bonchev–Trinajstić information content (AvgIpc) is 3.44. The number of alkyl halides is 2. The molecule has 0 bridgehead atoms. The van der Waals surface area contributed by atoms with E-state index in [1.165, 1.54) is 37.3 Å². The highest BCUT2D eigenvalue weighted by Crippen LogP contribution is 2.65. The minimum absolute atomic E-state index is 0.00192. The van der Waals surface area contributed by atoms with Crippen molar-refractivity contribution in [1.29, 1.82) is 0 Å². The Kier molecular flexibility index (Phi) is 8.87. The van der Waals surface area contributed by atoms with E-state index in [1.54, 1.807) is 0 Å². The van der Waals surface area contributed by atoms with E-state index < -0.39 is 63.7 Å². The quantitative estimate of drug-likeness (QED) is 0.150. The fourth-order valence-corrected chi connectivity index (χ4v) is 5.99. The molecule has 204 valence electrons. The van der Waals surface area contributed by atoms with Gasteiger partial charge in [0.05, 0.1) is 26.0 Å². The molecule has 3 aromatic rings. The summed E-state index contributed by atoms with van der Waals surface area (Å²) in [5, 5.41) is 3.25. The summed E-state index contributed by atoms with van der Waals surface area (Å²) in [5.74, 6) is -4.91. The van der Waals surface area contributed by atoms with Crippen molar-refractivity contribution in [3.05, 3.63) is 96.4 Å². The summed E-state index contributed by atoms with van der Waals surface area (Å²) in [6.45, 7) is 1.21. The zero-order valence-electron chi connectivity index (χ0n) is 19.9. The highest BCUT2D eigenvalue weighted by molar-refractivity contribution is 6.54. The lowest BCUT2D eigenvalue weighted by Gasteiger charge is -2.11. The molecule has 1 amide bonds. The molecule has 4 rings (SSSR count). The van der Waals surface area contributed by atoms with E-state index in [0.29, 0.717) is 5.56 Å². The highest BCUT2D eigenvalue weighted by atomic mass is 35.5. The van der Waals surface area contributed by atoms with Crippen LogP contribution in [0.4, 0.5) is 14.5 Å². The lowest BCUT2D eigenvalue weighted by Crippen LogP contribution is -2.17. The van der Waals surface area contributed by atoms with E-state index in [4.69, 9.17) is 69.6 Å². The summed E-state index contributed by atoms with van der Waals surface area (Å²) < 4.78 is 27.4. The number of carbonyl (C=O) groups excluding carboxylic acids is 3. The number of hydrogen-bond acceptors (Lipinski definition) is 3. The maximum atomic E-state index is 14.9. The van der Waals surface area contributed by atoms with E-state index in [-0.39, 0.29) is 36.9 Å². The van der Waals surface area contributed by atoms with Crippen molar-refractivity contribution in [2.75, 3.05) is 5.32 Å². The van der Waals surface area contributed by atoms with Gasteiger partial charge in [-0.2, -0.15) is 0 Å². The number of anilines is 1. The van der Waals surface area contributed by atoms with Gasteiger partial charge in [-0.3, -0.25) is 14.4 Å². The molecule has 1 aliphatic carbocycles. The number of rotatable bonds is 8. The molecule has 3 aromatic carbocycles. The molecule has 1 N–H and O–H groups in total. The monoisotopic (exact) mass is 651 g/mol. The van der Waals surface area contributed by atoms with Crippen molar-refractivity contribution in [1.82, 2.24) is 0 Å². The first kappa shape index (κ1) is 30.0. The number of nitrogens with one attached hydrogen (secondary N) is 1. The van der Waals surface area contributed by atoms with Gasteiger partial charge in [0.15, 0.2) is 5.78 Å². The van der Waals surface area contributed by atoms with Gasteiger partial charge in [-0.15, -0.1) is 23.2 Å². The zero-order chi connectivity index (χ0) is 28.8. The number of hydrogen-bond donors (Lipinski definition) is 1. The van der Waals surface area contributed by atoms with Gasteiger partial charge in [0, 0.05) is 35.6 Å². The van der Waals surface area contributed by atoms with Crippen LogP contribution < -0.4 is 5.32 Å². The SMILES string of the molecule is CC(=O)Cc1c(F)ccc(CC(=O)c2cc(NC(=O)[C@H]3[C@H](c4cc(Cl)c(Cl)c(Cl)c4)C3(Cl)Cl)ccc2Cl)c1F. The molecule has 2 atom stereocenters. The second-order valence-corrected chi connectivity index (χ2v) is 12.1. The molecule has 39 heavy (non-hydrogen) atoms. The molecule has 0 spiro atoms. The summed E-state index contributed by atoms with van der Waals surface area (Å²) in [5.41, 5.74) is 0.229. The van der Waals surface area contributed by atoms with Crippen LogP contribution in [0, 0.1) is 17.6 Å². The first-order valence-corrected chi connectivity index (χ1v) is 13.6. The van der Waals surface area contributed by atoms with Gasteiger partial charge in [-0.1, -0.05) is 52.5 Å². The number of ketones is 2. The van der Waals surface area contributed by atoms with Gasteiger partial charge in [0.1, 0.15) is 21.8 Å². The minimum atomic E-state index is -1.45. The van der Waals surface area contributed by atoms with Gasteiger partial charge < -0.3 is 5.32 Å². The van der Waals surface area contributed by atoms with Crippen molar-refractivity contribution in [3.8, 4) is 0 Å². The van der Waals surface area contributed by atoms with Crippen molar-refractivity contribution < 1.29 is 23.2 Å². The topological polar surface area (TPSA) is 63.2 Å². The third-order valence-corrected chi connectivity index (χ3v) is 8.75. The van der Waals surface area contributed by atoms with Crippen LogP contribution in [0.15, 0.2) is 42.5 Å². The third-order valence-electron chi connectivity index (χ3n) is 6.28. The Morgan fingerprint density at radius 3 is 2.15 bits per heavy atom. The van der Waals surface area contributed by atoms with Crippen LogP contribution in [0.1, 0.15) is 39.9 Å². The van der Waals surface area contributed by atoms with Crippen LogP contribution in [-0.4, -0.2) is 21.8 Å². The molecule has 12 heteroatoms. The Bertz CT molecular complexity index is 1500. The van der Waals surface area contributed by atoms with Gasteiger partial charge in [0.2, 0.25) is 5.91 Å². The predicted molar refractivity (Wildman–Crippen MR) is 151 cm³/mol. The van der Waals surface area contributed by atoms with E-state index in [0.717, 1.165) is 12.1 Å². The molecule has 1 saturated carbocycles. The smallest absolute Gasteiger partial charge is 0.231 e. The Labute approximate surface area is 252 Å². The summed E-state index contributed by atoms with van der Waals surface area (Å²) >= 11 is 37.2. The molecule has 4 nitrogen and oxygen atoms in total. The fraction of sp³-hybridized carbons (Fsp3) is 0.222.